The first-order chi connectivity index (χ1) is 13.2. The molecular weight excluding hydrogens is 342 g/mol. The van der Waals surface area contributed by atoms with Crippen LogP contribution in [0.1, 0.15) is 21.5 Å². The summed E-state index contributed by atoms with van der Waals surface area (Å²) in [5, 5.41) is 5.54. The van der Waals surface area contributed by atoms with Crippen LogP contribution in [0.15, 0.2) is 54.7 Å². The van der Waals surface area contributed by atoms with Gasteiger partial charge in [-0.05, 0) is 23.8 Å². The third-order valence-corrected chi connectivity index (χ3v) is 4.78. The number of carbonyl (C=O) groups is 2. The smallest absolute Gasteiger partial charge is 0.260 e. The number of morpholine rings is 1. The lowest BCUT2D eigenvalue weighted by atomic mass is 9.96. The highest BCUT2D eigenvalue weighted by Crippen LogP contribution is 2.24. The number of hydrogen-bond acceptors (Lipinski definition) is 5. The molecule has 6 nitrogen and oxygen atoms in total. The van der Waals surface area contributed by atoms with Crippen molar-refractivity contribution in [3.8, 4) is 0 Å². The van der Waals surface area contributed by atoms with E-state index in [9.17, 15) is 9.59 Å². The molecule has 2 heterocycles. The molecule has 0 spiro atoms. The number of fused-ring (bicyclic) bond motifs is 1. The summed E-state index contributed by atoms with van der Waals surface area (Å²) in [6.07, 6.45) is 1.65. The van der Waals surface area contributed by atoms with Crippen molar-refractivity contribution in [2.45, 2.75) is 6.54 Å². The molecule has 1 fully saturated rings. The number of amides is 2. The molecule has 4 rings (SSSR count). The average molecular weight is 363 g/mol. The number of ether oxygens (including phenoxy) is 1. The molecule has 2 amide bonds. The van der Waals surface area contributed by atoms with E-state index in [1.165, 1.54) is 5.56 Å². The topological polar surface area (TPSA) is 70.7 Å². The Morgan fingerprint density at radius 2 is 1.67 bits per heavy atom. The summed E-state index contributed by atoms with van der Waals surface area (Å²) in [6.45, 7) is 4.40. The molecule has 0 unspecified atom stereocenters. The monoisotopic (exact) mass is 363 g/mol. The number of hydrogen-bond donors (Lipinski definition) is 2. The lowest BCUT2D eigenvalue weighted by molar-refractivity contribution is -0.114. The van der Waals surface area contributed by atoms with Gasteiger partial charge in [-0.25, -0.2) is 0 Å². The Balaban J connectivity index is 1.47. The van der Waals surface area contributed by atoms with Crippen molar-refractivity contribution in [2.75, 3.05) is 31.6 Å². The summed E-state index contributed by atoms with van der Waals surface area (Å²) in [7, 11) is 0. The third-order valence-electron chi connectivity index (χ3n) is 4.78. The molecular formula is C21H21N3O3. The quantitative estimate of drug-likeness (QED) is 0.644. The fraction of sp³-hybridized carbons (Fsp3) is 0.238. The van der Waals surface area contributed by atoms with Gasteiger partial charge in [0, 0.05) is 42.6 Å². The van der Waals surface area contributed by atoms with Crippen molar-refractivity contribution in [1.82, 2.24) is 10.2 Å². The van der Waals surface area contributed by atoms with Crippen molar-refractivity contribution in [3.63, 3.8) is 0 Å². The van der Waals surface area contributed by atoms with Crippen LogP contribution in [0.4, 0.5) is 5.69 Å². The second-order valence-electron chi connectivity index (χ2n) is 6.62. The normalized spacial score (nSPS) is 18.9. The number of rotatable bonds is 4. The Labute approximate surface area is 157 Å². The van der Waals surface area contributed by atoms with Gasteiger partial charge < -0.3 is 10.1 Å². The van der Waals surface area contributed by atoms with Crippen LogP contribution in [-0.2, 0) is 16.1 Å². The van der Waals surface area contributed by atoms with Crippen LogP contribution in [0, 0.1) is 0 Å². The first kappa shape index (κ1) is 17.5. The minimum absolute atomic E-state index is 0.361. The number of imide groups is 1. The molecule has 0 aliphatic carbocycles. The van der Waals surface area contributed by atoms with Gasteiger partial charge in [0.25, 0.3) is 11.8 Å². The van der Waals surface area contributed by atoms with E-state index in [-0.39, 0.29) is 5.91 Å². The molecule has 0 atom stereocenters. The SMILES string of the molecule is O=C1NC(=O)c2ccccc2/C1=C\Nc1ccc(CN2CCOCC2)cc1. The van der Waals surface area contributed by atoms with E-state index in [1.54, 1.807) is 24.4 Å². The van der Waals surface area contributed by atoms with Crippen LogP contribution in [0.25, 0.3) is 5.57 Å². The van der Waals surface area contributed by atoms with Gasteiger partial charge in [0.2, 0.25) is 0 Å². The molecule has 1 saturated heterocycles. The minimum Gasteiger partial charge on any atom is -0.379 e. The number of nitrogens with one attached hydrogen (secondary N) is 2. The molecule has 6 heteroatoms. The zero-order valence-corrected chi connectivity index (χ0v) is 14.9. The van der Waals surface area contributed by atoms with Gasteiger partial charge in [-0.2, -0.15) is 0 Å². The van der Waals surface area contributed by atoms with Crippen LogP contribution in [-0.4, -0.2) is 43.0 Å². The second-order valence-corrected chi connectivity index (χ2v) is 6.62. The van der Waals surface area contributed by atoms with E-state index in [1.807, 2.05) is 18.2 Å². The Bertz CT molecular complexity index is 884. The van der Waals surface area contributed by atoms with Crippen molar-refractivity contribution in [1.29, 1.82) is 0 Å². The molecule has 2 aromatic carbocycles. The maximum absolute atomic E-state index is 12.2. The number of anilines is 1. The van der Waals surface area contributed by atoms with Gasteiger partial charge in [-0.15, -0.1) is 0 Å². The summed E-state index contributed by atoms with van der Waals surface area (Å²) >= 11 is 0. The van der Waals surface area contributed by atoms with Crippen LogP contribution < -0.4 is 10.6 Å². The zero-order valence-electron chi connectivity index (χ0n) is 14.9. The molecule has 27 heavy (non-hydrogen) atoms. The highest BCUT2D eigenvalue weighted by atomic mass is 16.5. The number of carbonyl (C=O) groups excluding carboxylic acids is 2. The zero-order chi connectivity index (χ0) is 18.6. The summed E-state index contributed by atoms with van der Waals surface area (Å²) in [5.41, 5.74) is 3.72. The number of nitrogens with zero attached hydrogens (tertiary/aromatic N) is 1. The molecule has 2 aliphatic rings. The van der Waals surface area contributed by atoms with Gasteiger partial charge in [-0.3, -0.25) is 19.8 Å². The van der Waals surface area contributed by atoms with Crippen LogP contribution >= 0.6 is 0 Å². The molecule has 0 bridgehead atoms. The van der Waals surface area contributed by atoms with E-state index < -0.39 is 5.91 Å². The van der Waals surface area contributed by atoms with Crippen molar-refractivity contribution < 1.29 is 14.3 Å². The lowest BCUT2D eigenvalue weighted by Gasteiger charge is -2.26. The third kappa shape index (κ3) is 3.92. The molecule has 2 aromatic rings. The highest BCUT2D eigenvalue weighted by Gasteiger charge is 2.26. The maximum Gasteiger partial charge on any atom is 0.260 e. The highest BCUT2D eigenvalue weighted by molar-refractivity contribution is 6.31. The maximum atomic E-state index is 12.2. The van der Waals surface area contributed by atoms with E-state index in [0.717, 1.165) is 38.5 Å². The molecule has 2 aliphatic heterocycles. The van der Waals surface area contributed by atoms with E-state index in [0.29, 0.717) is 16.7 Å². The largest absolute Gasteiger partial charge is 0.379 e. The van der Waals surface area contributed by atoms with Gasteiger partial charge >= 0.3 is 0 Å². The lowest BCUT2D eigenvalue weighted by Crippen LogP contribution is -2.36. The molecule has 0 aromatic heterocycles. The Hall–Kier alpha value is -2.96. The van der Waals surface area contributed by atoms with Crippen LogP contribution in [0.5, 0.6) is 0 Å². The van der Waals surface area contributed by atoms with Crippen molar-refractivity contribution in [3.05, 3.63) is 71.4 Å². The van der Waals surface area contributed by atoms with Crippen molar-refractivity contribution >= 4 is 23.1 Å². The minimum atomic E-state index is -0.393. The first-order valence-electron chi connectivity index (χ1n) is 9.01. The number of benzene rings is 2. The molecule has 0 saturated carbocycles. The van der Waals surface area contributed by atoms with E-state index in [2.05, 4.69) is 27.7 Å². The van der Waals surface area contributed by atoms with Gasteiger partial charge in [0.15, 0.2) is 0 Å². The predicted molar refractivity (Wildman–Crippen MR) is 103 cm³/mol. The summed E-state index contributed by atoms with van der Waals surface area (Å²) < 4.78 is 5.37. The van der Waals surface area contributed by atoms with Gasteiger partial charge in [0.1, 0.15) is 0 Å². The summed E-state index contributed by atoms with van der Waals surface area (Å²) in [4.78, 5) is 26.5. The van der Waals surface area contributed by atoms with E-state index in [4.69, 9.17) is 4.74 Å². The predicted octanol–water partition coefficient (Wildman–Crippen LogP) is 2.24. The van der Waals surface area contributed by atoms with E-state index >= 15 is 0 Å². The molecule has 138 valence electrons. The molecule has 0 radical (unpaired) electrons. The first-order valence-corrected chi connectivity index (χ1v) is 9.01. The van der Waals surface area contributed by atoms with Crippen LogP contribution in [0.3, 0.4) is 0 Å². The Kier molecular flexibility index (Phi) is 5.00. The molecule has 2 N–H and O–H groups in total. The Morgan fingerprint density at radius 1 is 0.963 bits per heavy atom. The Morgan fingerprint density at radius 3 is 2.41 bits per heavy atom. The fourth-order valence-electron chi connectivity index (χ4n) is 3.30. The van der Waals surface area contributed by atoms with Crippen molar-refractivity contribution in [2.24, 2.45) is 0 Å². The second kappa shape index (κ2) is 7.73. The van der Waals surface area contributed by atoms with Gasteiger partial charge in [-0.1, -0.05) is 30.3 Å². The van der Waals surface area contributed by atoms with Gasteiger partial charge in [0.05, 0.1) is 18.8 Å². The summed E-state index contributed by atoms with van der Waals surface area (Å²) in [6, 6.07) is 15.2. The standard InChI is InChI=1S/C21H21N3O3/c25-20-18-4-2-1-3-17(18)19(21(26)23-20)13-22-16-7-5-15(6-8-16)14-24-9-11-27-12-10-24/h1-8,13,22H,9-12,14H2,(H,23,25,26)/b19-13+. The van der Waals surface area contributed by atoms with Crippen LogP contribution in [0.2, 0.25) is 0 Å². The average Bonchev–Trinajstić information content (AvgIpc) is 2.70. The fourth-order valence-corrected chi connectivity index (χ4v) is 3.30. The summed E-state index contributed by atoms with van der Waals surface area (Å²) in [5.74, 6) is -0.754.